The summed E-state index contributed by atoms with van der Waals surface area (Å²) in [6, 6.07) is 0. The number of aliphatic hydroxyl groups excluding tert-OH is 2. The molecule has 0 bridgehead atoms. The molecule has 2 N–H and O–H groups in total. The minimum absolute atomic E-state index is 0.0346. The molecule has 4 aliphatic carbocycles. The van der Waals surface area contributed by atoms with Gasteiger partial charge >= 0.3 is 11.9 Å². The van der Waals surface area contributed by atoms with E-state index in [0.29, 0.717) is 23.8 Å². The van der Waals surface area contributed by atoms with Crippen molar-refractivity contribution in [3.63, 3.8) is 0 Å². The Hall–Kier alpha value is -1.40. The van der Waals surface area contributed by atoms with Gasteiger partial charge in [-0.1, -0.05) is 27.4 Å². The number of methoxy groups -OCH3 is 1. The van der Waals surface area contributed by atoms with Gasteiger partial charge in [0.05, 0.1) is 19.3 Å². The number of carbonyl (C=O) groups excluding carboxylic acids is 2. The van der Waals surface area contributed by atoms with Gasteiger partial charge in [-0.2, -0.15) is 0 Å². The van der Waals surface area contributed by atoms with Gasteiger partial charge in [0.25, 0.3) is 0 Å². The highest BCUT2D eigenvalue weighted by Gasteiger charge is 2.65. The molecule has 0 saturated heterocycles. The van der Waals surface area contributed by atoms with Crippen LogP contribution in [-0.4, -0.2) is 47.6 Å². The van der Waals surface area contributed by atoms with Gasteiger partial charge in [-0.15, -0.1) is 0 Å². The normalized spacial score (nSPS) is 45.5. The Morgan fingerprint density at radius 3 is 2.46 bits per heavy atom. The van der Waals surface area contributed by atoms with Crippen molar-refractivity contribution in [3.8, 4) is 0 Å². The molecule has 0 heterocycles. The molecule has 0 radical (unpaired) electrons. The number of hydrogen-bond donors (Lipinski definition) is 2. The van der Waals surface area contributed by atoms with Crippen LogP contribution in [0, 0.1) is 46.3 Å². The van der Waals surface area contributed by atoms with E-state index < -0.39 is 12.2 Å². The molecule has 11 atom stereocenters. The molecular weight excluding hydrogens is 444 g/mol. The topological polar surface area (TPSA) is 93.1 Å². The van der Waals surface area contributed by atoms with Gasteiger partial charge in [0.15, 0.2) is 0 Å². The highest BCUT2D eigenvalue weighted by molar-refractivity contribution is 5.87. The summed E-state index contributed by atoms with van der Waals surface area (Å²) < 4.78 is 10.6. The molecule has 4 saturated carbocycles. The summed E-state index contributed by atoms with van der Waals surface area (Å²) in [7, 11) is 1.43. The number of fused-ring (bicyclic) bond motifs is 5. The Balaban J connectivity index is 1.52. The number of hydrogen-bond acceptors (Lipinski definition) is 6. The first-order chi connectivity index (χ1) is 16.4. The van der Waals surface area contributed by atoms with Crippen LogP contribution in [0.4, 0.5) is 0 Å². The second-order valence-electron chi connectivity index (χ2n) is 12.8. The third-order valence-corrected chi connectivity index (χ3v) is 11.2. The average molecular weight is 491 g/mol. The summed E-state index contributed by atoms with van der Waals surface area (Å²) in [6.07, 6.45) is 6.34. The smallest absolute Gasteiger partial charge is 0.333 e. The summed E-state index contributed by atoms with van der Waals surface area (Å²) in [6.45, 7) is 12.2. The molecule has 0 aromatic heterocycles. The van der Waals surface area contributed by atoms with Crippen molar-refractivity contribution < 1.29 is 29.3 Å². The lowest BCUT2D eigenvalue weighted by atomic mass is 9.43. The first-order valence-electron chi connectivity index (χ1n) is 13.7. The fourth-order valence-electron chi connectivity index (χ4n) is 9.12. The molecule has 6 nitrogen and oxygen atoms in total. The van der Waals surface area contributed by atoms with Crippen LogP contribution in [0.3, 0.4) is 0 Å². The van der Waals surface area contributed by atoms with Crippen LogP contribution in [0.1, 0.15) is 85.5 Å². The van der Waals surface area contributed by atoms with Gasteiger partial charge in [-0.05, 0) is 105 Å². The predicted molar refractivity (Wildman–Crippen MR) is 133 cm³/mol. The molecular formula is C29H46O6. The van der Waals surface area contributed by atoms with E-state index in [0.717, 1.165) is 51.4 Å². The lowest BCUT2D eigenvalue weighted by Crippen LogP contribution is -2.62. The van der Waals surface area contributed by atoms with E-state index in [9.17, 15) is 19.8 Å². The van der Waals surface area contributed by atoms with Crippen molar-refractivity contribution in [1.29, 1.82) is 0 Å². The molecule has 0 spiro atoms. The van der Waals surface area contributed by atoms with Gasteiger partial charge in [0, 0.05) is 12.0 Å². The summed E-state index contributed by atoms with van der Waals surface area (Å²) in [5, 5.41) is 23.2. The van der Waals surface area contributed by atoms with Crippen LogP contribution in [0.5, 0.6) is 0 Å². The molecule has 4 fully saturated rings. The molecule has 198 valence electrons. The Morgan fingerprint density at radius 2 is 1.80 bits per heavy atom. The summed E-state index contributed by atoms with van der Waals surface area (Å²) in [4.78, 5) is 23.8. The standard InChI is InChI=1S/C29H46O6/c1-16(2)27(33)35-19-11-12-28(4)18(13-19)14-23(30)26-21-9-8-20(17(3)7-10-25(32)34-6)29(21,5)24(31)15-22(26)28/h17-24,26,30-31H,1,7-15H2,2-6H3/t17?,18?,19-,20?,21?,22?,23?,24+,26?,28+,29-/m1/s1. The largest absolute Gasteiger partial charge is 0.469 e. The lowest BCUT2D eigenvalue weighted by molar-refractivity contribution is -0.209. The van der Waals surface area contributed by atoms with Crippen LogP contribution in [0.15, 0.2) is 12.2 Å². The third-order valence-electron chi connectivity index (χ3n) is 11.2. The molecule has 0 aromatic rings. The number of rotatable bonds is 6. The summed E-state index contributed by atoms with van der Waals surface area (Å²) in [5.41, 5.74) is 0.218. The monoisotopic (exact) mass is 490 g/mol. The Kier molecular flexibility index (Phi) is 7.47. The zero-order valence-electron chi connectivity index (χ0n) is 22.3. The maximum Gasteiger partial charge on any atom is 0.333 e. The Bertz CT molecular complexity index is 839. The first-order valence-corrected chi connectivity index (χ1v) is 13.7. The van der Waals surface area contributed by atoms with E-state index in [1.54, 1.807) is 6.92 Å². The molecule has 7 unspecified atom stereocenters. The van der Waals surface area contributed by atoms with E-state index in [1.807, 2.05) is 0 Å². The van der Waals surface area contributed by atoms with Crippen molar-refractivity contribution in [2.24, 2.45) is 46.3 Å². The van der Waals surface area contributed by atoms with E-state index in [2.05, 4.69) is 27.4 Å². The van der Waals surface area contributed by atoms with E-state index >= 15 is 0 Å². The minimum atomic E-state index is -0.413. The zero-order valence-corrected chi connectivity index (χ0v) is 22.3. The summed E-state index contributed by atoms with van der Waals surface area (Å²) in [5.74, 6) is 1.18. The van der Waals surface area contributed by atoms with Crippen molar-refractivity contribution >= 4 is 11.9 Å². The average Bonchev–Trinajstić information content (AvgIpc) is 3.17. The highest BCUT2D eigenvalue weighted by atomic mass is 16.5. The highest BCUT2D eigenvalue weighted by Crippen LogP contribution is 2.68. The van der Waals surface area contributed by atoms with Gasteiger partial charge < -0.3 is 19.7 Å². The SMILES string of the molecule is C=C(C)C(=O)O[C@@H]1CC[C@@]2(C)C(CC(O)C3C2C[C@H](O)[C@]2(C)C(C(C)CCC(=O)OC)CCC32)C1. The number of carbonyl (C=O) groups is 2. The molecule has 6 heteroatoms. The number of aliphatic hydroxyl groups is 2. The van der Waals surface area contributed by atoms with Crippen molar-refractivity contribution in [3.05, 3.63) is 12.2 Å². The second kappa shape index (κ2) is 9.81. The van der Waals surface area contributed by atoms with Crippen molar-refractivity contribution in [1.82, 2.24) is 0 Å². The van der Waals surface area contributed by atoms with Gasteiger partial charge in [-0.3, -0.25) is 4.79 Å². The summed E-state index contributed by atoms with van der Waals surface area (Å²) >= 11 is 0. The second-order valence-corrected chi connectivity index (χ2v) is 12.8. The number of esters is 2. The van der Waals surface area contributed by atoms with Crippen molar-refractivity contribution in [2.45, 2.75) is 104 Å². The maximum absolute atomic E-state index is 12.1. The van der Waals surface area contributed by atoms with Crippen LogP contribution < -0.4 is 0 Å². The van der Waals surface area contributed by atoms with E-state index in [-0.39, 0.29) is 52.5 Å². The molecule has 0 amide bonds. The molecule has 35 heavy (non-hydrogen) atoms. The maximum atomic E-state index is 12.1. The van der Waals surface area contributed by atoms with Crippen LogP contribution in [-0.2, 0) is 19.1 Å². The minimum Gasteiger partial charge on any atom is -0.469 e. The van der Waals surface area contributed by atoms with Crippen LogP contribution in [0.25, 0.3) is 0 Å². The Labute approximate surface area is 210 Å². The van der Waals surface area contributed by atoms with Gasteiger partial charge in [0.2, 0.25) is 0 Å². The molecule has 4 aliphatic rings. The fourth-order valence-corrected chi connectivity index (χ4v) is 9.12. The molecule has 4 rings (SSSR count). The Morgan fingerprint density at radius 1 is 1.09 bits per heavy atom. The zero-order chi connectivity index (χ0) is 25.7. The van der Waals surface area contributed by atoms with E-state index in [4.69, 9.17) is 9.47 Å². The van der Waals surface area contributed by atoms with Gasteiger partial charge in [0.1, 0.15) is 6.10 Å². The fraction of sp³-hybridized carbons (Fsp3) is 0.862. The quantitative estimate of drug-likeness (QED) is 0.415. The van der Waals surface area contributed by atoms with Crippen LogP contribution in [0.2, 0.25) is 0 Å². The predicted octanol–water partition coefficient (Wildman–Crippen LogP) is 4.66. The van der Waals surface area contributed by atoms with Gasteiger partial charge in [-0.25, -0.2) is 4.79 Å². The number of ether oxygens (including phenoxy) is 2. The van der Waals surface area contributed by atoms with Crippen molar-refractivity contribution in [2.75, 3.05) is 7.11 Å². The first kappa shape index (κ1) is 26.7. The van der Waals surface area contributed by atoms with E-state index in [1.165, 1.54) is 7.11 Å². The third kappa shape index (κ3) is 4.47. The lowest BCUT2D eigenvalue weighted by Gasteiger charge is -2.63. The molecule has 0 aliphatic heterocycles. The van der Waals surface area contributed by atoms with Crippen LogP contribution >= 0.6 is 0 Å². The molecule has 0 aromatic carbocycles.